The lowest BCUT2D eigenvalue weighted by molar-refractivity contribution is -0.125. The van der Waals surface area contributed by atoms with Crippen LogP contribution in [0, 0.1) is 6.92 Å². The number of halogens is 1. The predicted octanol–water partition coefficient (Wildman–Crippen LogP) is 3.43. The molecule has 0 aromatic heterocycles. The Morgan fingerprint density at radius 1 is 1.24 bits per heavy atom. The highest BCUT2D eigenvalue weighted by atomic mass is 35.5. The minimum Gasteiger partial charge on any atom is -0.485 e. The number of ether oxygens (including phenoxy) is 2. The number of aryl methyl sites for hydroxylation is 1. The molecule has 0 aliphatic carbocycles. The van der Waals surface area contributed by atoms with Crippen molar-refractivity contribution in [3.8, 4) is 11.5 Å². The van der Waals surface area contributed by atoms with Gasteiger partial charge in [-0.2, -0.15) is 0 Å². The van der Waals surface area contributed by atoms with Crippen LogP contribution in [0.1, 0.15) is 5.56 Å². The summed E-state index contributed by atoms with van der Waals surface area (Å²) in [5.41, 5.74) is 1.61. The molecule has 0 radical (unpaired) electrons. The second-order valence-electron chi connectivity index (χ2n) is 4.81. The number of rotatable bonds is 2. The van der Waals surface area contributed by atoms with Crippen molar-refractivity contribution >= 4 is 23.2 Å². The second kappa shape index (κ2) is 5.66. The van der Waals surface area contributed by atoms with Crippen molar-refractivity contribution in [3.63, 3.8) is 0 Å². The molecular formula is C16H14ClNO3. The summed E-state index contributed by atoms with van der Waals surface area (Å²) in [5, 5.41) is 3.39. The third kappa shape index (κ3) is 2.95. The molecule has 0 bridgehead atoms. The largest absolute Gasteiger partial charge is 0.485 e. The van der Waals surface area contributed by atoms with Gasteiger partial charge >= 0.3 is 0 Å². The number of para-hydroxylation sites is 2. The van der Waals surface area contributed by atoms with Gasteiger partial charge in [-0.15, -0.1) is 0 Å². The number of amides is 1. The Kier molecular flexibility index (Phi) is 3.71. The van der Waals surface area contributed by atoms with E-state index in [-0.39, 0.29) is 12.5 Å². The van der Waals surface area contributed by atoms with E-state index in [0.29, 0.717) is 22.2 Å². The molecule has 1 heterocycles. The maximum absolute atomic E-state index is 12.3. The molecule has 0 fully saturated rings. The number of hydrogen-bond acceptors (Lipinski definition) is 3. The Morgan fingerprint density at radius 3 is 2.81 bits per heavy atom. The molecule has 0 saturated heterocycles. The first kappa shape index (κ1) is 13.8. The van der Waals surface area contributed by atoms with Crippen molar-refractivity contribution in [2.24, 2.45) is 0 Å². The van der Waals surface area contributed by atoms with Gasteiger partial charge in [0.25, 0.3) is 5.91 Å². The van der Waals surface area contributed by atoms with E-state index < -0.39 is 6.10 Å². The first-order valence-corrected chi connectivity index (χ1v) is 6.97. The molecule has 1 atom stereocenters. The number of benzene rings is 2. The van der Waals surface area contributed by atoms with Crippen LogP contribution >= 0.6 is 11.6 Å². The van der Waals surface area contributed by atoms with Crippen molar-refractivity contribution in [2.45, 2.75) is 13.0 Å². The van der Waals surface area contributed by atoms with E-state index in [1.165, 1.54) is 0 Å². The quantitative estimate of drug-likeness (QED) is 0.924. The van der Waals surface area contributed by atoms with Crippen molar-refractivity contribution in [3.05, 3.63) is 53.1 Å². The Labute approximate surface area is 127 Å². The molecule has 21 heavy (non-hydrogen) atoms. The number of hydrogen-bond donors (Lipinski definition) is 1. The lowest BCUT2D eigenvalue weighted by Crippen LogP contribution is -2.40. The molecule has 4 nitrogen and oxygen atoms in total. The maximum Gasteiger partial charge on any atom is 0.269 e. The minimum absolute atomic E-state index is 0.183. The summed E-state index contributed by atoms with van der Waals surface area (Å²) in [4.78, 5) is 12.3. The molecule has 2 aromatic rings. The number of nitrogens with one attached hydrogen (secondary N) is 1. The van der Waals surface area contributed by atoms with Gasteiger partial charge in [-0.3, -0.25) is 4.79 Å². The summed E-state index contributed by atoms with van der Waals surface area (Å²) in [6, 6.07) is 12.6. The maximum atomic E-state index is 12.3. The van der Waals surface area contributed by atoms with Crippen molar-refractivity contribution in [1.82, 2.24) is 0 Å². The zero-order chi connectivity index (χ0) is 14.8. The molecule has 1 aliphatic rings. The monoisotopic (exact) mass is 303 g/mol. The van der Waals surface area contributed by atoms with Gasteiger partial charge in [0, 0.05) is 10.7 Å². The smallest absolute Gasteiger partial charge is 0.269 e. The SMILES string of the molecule is Cc1ccc(Cl)cc1NC(=O)[C@H]1COc2ccccc2O1. The van der Waals surface area contributed by atoms with Crippen LogP contribution < -0.4 is 14.8 Å². The fourth-order valence-corrected chi connectivity index (χ4v) is 2.26. The van der Waals surface area contributed by atoms with Gasteiger partial charge in [0.1, 0.15) is 6.61 Å². The van der Waals surface area contributed by atoms with Gasteiger partial charge in [0.15, 0.2) is 11.5 Å². The number of carbonyl (C=O) groups excluding carboxylic acids is 1. The van der Waals surface area contributed by atoms with Gasteiger partial charge in [0.05, 0.1) is 0 Å². The molecule has 5 heteroatoms. The van der Waals surface area contributed by atoms with Gasteiger partial charge < -0.3 is 14.8 Å². The fourth-order valence-electron chi connectivity index (χ4n) is 2.09. The van der Waals surface area contributed by atoms with Gasteiger partial charge in [-0.05, 0) is 36.8 Å². The Balaban J connectivity index is 1.74. The van der Waals surface area contributed by atoms with Gasteiger partial charge in [-0.1, -0.05) is 29.8 Å². The van der Waals surface area contributed by atoms with Crippen LogP contribution in [0.5, 0.6) is 11.5 Å². The fraction of sp³-hybridized carbons (Fsp3) is 0.188. The Hall–Kier alpha value is -2.20. The average molecular weight is 304 g/mol. The number of fused-ring (bicyclic) bond motifs is 1. The highest BCUT2D eigenvalue weighted by Crippen LogP contribution is 2.31. The van der Waals surface area contributed by atoms with Crippen LogP contribution in [0.25, 0.3) is 0 Å². The molecule has 1 N–H and O–H groups in total. The molecule has 0 unspecified atom stereocenters. The summed E-state index contributed by atoms with van der Waals surface area (Å²) < 4.78 is 11.2. The Morgan fingerprint density at radius 2 is 2.00 bits per heavy atom. The van der Waals surface area contributed by atoms with E-state index >= 15 is 0 Å². The van der Waals surface area contributed by atoms with Gasteiger partial charge in [0.2, 0.25) is 6.10 Å². The summed E-state index contributed by atoms with van der Waals surface area (Å²) in [7, 11) is 0. The van der Waals surface area contributed by atoms with Crippen molar-refractivity contribution in [1.29, 1.82) is 0 Å². The predicted molar refractivity (Wildman–Crippen MR) is 81.2 cm³/mol. The van der Waals surface area contributed by atoms with E-state index in [4.69, 9.17) is 21.1 Å². The highest BCUT2D eigenvalue weighted by Gasteiger charge is 2.27. The van der Waals surface area contributed by atoms with Crippen LogP contribution in [0.3, 0.4) is 0 Å². The lowest BCUT2D eigenvalue weighted by Gasteiger charge is -2.25. The van der Waals surface area contributed by atoms with Crippen molar-refractivity contribution in [2.75, 3.05) is 11.9 Å². The summed E-state index contributed by atoms with van der Waals surface area (Å²) in [6.45, 7) is 2.09. The van der Waals surface area contributed by atoms with E-state index in [0.717, 1.165) is 5.56 Å². The topological polar surface area (TPSA) is 47.6 Å². The van der Waals surface area contributed by atoms with Crippen LogP contribution in [-0.2, 0) is 4.79 Å². The molecule has 108 valence electrons. The molecular weight excluding hydrogens is 290 g/mol. The van der Waals surface area contributed by atoms with E-state index in [2.05, 4.69) is 5.32 Å². The molecule has 0 saturated carbocycles. The average Bonchev–Trinajstić information content (AvgIpc) is 2.50. The highest BCUT2D eigenvalue weighted by molar-refractivity contribution is 6.31. The van der Waals surface area contributed by atoms with Crippen LogP contribution in [0.4, 0.5) is 5.69 Å². The van der Waals surface area contributed by atoms with Crippen LogP contribution in [0.2, 0.25) is 5.02 Å². The van der Waals surface area contributed by atoms with Gasteiger partial charge in [-0.25, -0.2) is 0 Å². The third-order valence-corrected chi connectivity index (χ3v) is 3.49. The van der Waals surface area contributed by atoms with E-state index in [1.807, 2.05) is 31.2 Å². The zero-order valence-electron chi connectivity index (χ0n) is 11.4. The van der Waals surface area contributed by atoms with Crippen LogP contribution in [0.15, 0.2) is 42.5 Å². The molecule has 1 aliphatic heterocycles. The minimum atomic E-state index is -0.682. The molecule has 2 aromatic carbocycles. The molecule has 3 rings (SSSR count). The molecule has 1 amide bonds. The van der Waals surface area contributed by atoms with E-state index in [1.54, 1.807) is 18.2 Å². The van der Waals surface area contributed by atoms with Crippen LogP contribution in [-0.4, -0.2) is 18.6 Å². The summed E-state index contributed by atoms with van der Waals surface area (Å²) in [6.07, 6.45) is -0.682. The summed E-state index contributed by atoms with van der Waals surface area (Å²) >= 11 is 5.95. The number of carbonyl (C=O) groups is 1. The second-order valence-corrected chi connectivity index (χ2v) is 5.25. The first-order chi connectivity index (χ1) is 10.1. The zero-order valence-corrected chi connectivity index (χ0v) is 12.2. The number of anilines is 1. The summed E-state index contributed by atoms with van der Waals surface area (Å²) in [5.74, 6) is 0.974. The normalized spacial score (nSPS) is 16.4. The standard InChI is InChI=1S/C16H14ClNO3/c1-10-6-7-11(17)8-12(10)18-16(19)15-9-20-13-4-2-3-5-14(13)21-15/h2-8,15H,9H2,1H3,(H,18,19)/t15-/m1/s1. The third-order valence-electron chi connectivity index (χ3n) is 3.26. The first-order valence-electron chi connectivity index (χ1n) is 6.59. The lowest BCUT2D eigenvalue weighted by atomic mass is 10.2. The molecule has 0 spiro atoms. The van der Waals surface area contributed by atoms with Crippen molar-refractivity contribution < 1.29 is 14.3 Å². The van der Waals surface area contributed by atoms with E-state index in [9.17, 15) is 4.79 Å². The Bertz CT molecular complexity index is 687.